The van der Waals surface area contributed by atoms with Crippen LogP contribution in [0.3, 0.4) is 0 Å². The van der Waals surface area contributed by atoms with Crippen molar-refractivity contribution >= 4 is 17.7 Å². The molecule has 2 amide bonds. The normalized spacial score (nSPS) is 16.8. The molecule has 1 aliphatic rings. The average molecular weight is 330 g/mol. The Bertz CT molecular complexity index is 661. The smallest absolute Gasteiger partial charge is 0.405 e. The number of hydrogen-bond acceptors (Lipinski definition) is 3. The highest BCUT2D eigenvalue weighted by molar-refractivity contribution is 6.03. The van der Waals surface area contributed by atoms with Crippen LogP contribution in [-0.4, -0.2) is 24.1 Å². The van der Waals surface area contributed by atoms with Gasteiger partial charge in [-0.05, 0) is 30.5 Å². The summed E-state index contributed by atoms with van der Waals surface area (Å²) in [5, 5.41) is 0. The zero-order valence-electron chi connectivity index (χ0n) is 14.8. The summed E-state index contributed by atoms with van der Waals surface area (Å²) in [6.07, 6.45) is 3.72. The van der Waals surface area contributed by atoms with Crippen LogP contribution in [0.5, 0.6) is 0 Å². The number of benzene rings is 1. The van der Waals surface area contributed by atoms with E-state index in [9.17, 15) is 9.59 Å². The highest BCUT2D eigenvalue weighted by Gasteiger charge is 2.42. The predicted molar refractivity (Wildman–Crippen MR) is 94.8 cm³/mol. The van der Waals surface area contributed by atoms with E-state index in [0.29, 0.717) is 13.0 Å². The monoisotopic (exact) mass is 330 g/mol. The van der Waals surface area contributed by atoms with Crippen molar-refractivity contribution in [3.63, 3.8) is 0 Å². The maximum Gasteiger partial charge on any atom is 0.405 e. The fourth-order valence-electron chi connectivity index (χ4n) is 3.20. The van der Waals surface area contributed by atoms with E-state index in [0.717, 1.165) is 12.1 Å². The highest BCUT2D eigenvalue weighted by Crippen LogP contribution is 2.38. The maximum atomic E-state index is 12.7. The third-order valence-electron chi connectivity index (χ3n) is 4.73. The number of anilines is 1. The molecular formula is C19H26N2O3. The van der Waals surface area contributed by atoms with Crippen LogP contribution in [-0.2, 0) is 16.0 Å². The Morgan fingerprint density at radius 1 is 1.29 bits per heavy atom. The van der Waals surface area contributed by atoms with Crippen molar-refractivity contribution < 1.29 is 14.3 Å². The maximum absolute atomic E-state index is 12.7. The van der Waals surface area contributed by atoms with Gasteiger partial charge in [-0.2, -0.15) is 0 Å². The lowest BCUT2D eigenvalue weighted by Crippen LogP contribution is -2.46. The number of para-hydroxylation sites is 1. The molecule has 0 saturated heterocycles. The Hall–Kier alpha value is -2.30. The second-order valence-electron chi connectivity index (χ2n) is 7.12. The number of fused-ring (bicyclic) bond motifs is 1. The van der Waals surface area contributed by atoms with E-state index in [1.54, 1.807) is 11.0 Å². The lowest BCUT2D eigenvalue weighted by atomic mass is 9.74. The molecule has 0 spiro atoms. The van der Waals surface area contributed by atoms with E-state index in [1.165, 1.54) is 11.6 Å². The number of nitrogens with two attached hydrogens (primary N) is 1. The minimum atomic E-state index is -0.923. The SMILES string of the molecule is CC[C@@](/C=C/C(=O)N1CCc2ccccc21)(OC(N)=O)C(C)(C)C. The third-order valence-corrected chi connectivity index (χ3v) is 4.73. The number of rotatable bonds is 4. The summed E-state index contributed by atoms with van der Waals surface area (Å²) in [7, 11) is 0. The van der Waals surface area contributed by atoms with Crippen molar-refractivity contribution in [3.05, 3.63) is 42.0 Å². The van der Waals surface area contributed by atoms with Gasteiger partial charge in [0.15, 0.2) is 0 Å². The number of hydrogen-bond donors (Lipinski definition) is 1. The molecule has 0 unspecified atom stereocenters. The Morgan fingerprint density at radius 2 is 1.96 bits per heavy atom. The zero-order chi connectivity index (χ0) is 18.0. The number of ether oxygens (including phenoxy) is 1. The zero-order valence-corrected chi connectivity index (χ0v) is 14.8. The molecule has 0 aliphatic carbocycles. The molecule has 0 fully saturated rings. The lowest BCUT2D eigenvalue weighted by Gasteiger charge is -2.40. The number of amides is 2. The first kappa shape index (κ1) is 18.0. The third kappa shape index (κ3) is 3.45. The van der Waals surface area contributed by atoms with Crippen molar-refractivity contribution in [2.24, 2.45) is 11.1 Å². The quantitative estimate of drug-likeness (QED) is 0.860. The van der Waals surface area contributed by atoms with E-state index in [2.05, 4.69) is 0 Å². The lowest BCUT2D eigenvalue weighted by molar-refractivity contribution is -0.114. The molecule has 130 valence electrons. The fraction of sp³-hybridized carbons (Fsp3) is 0.474. The van der Waals surface area contributed by atoms with E-state index in [1.807, 2.05) is 52.0 Å². The molecule has 2 rings (SSSR count). The van der Waals surface area contributed by atoms with Gasteiger partial charge in [0.2, 0.25) is 0 Å². The first-order valence-electron chi connectivity index (χ1n) is 8.27. The molecule has 1 aliphatic heterocycles. The van der Waals surface area contributed by atoms with Crippen molar-refractivity contribution in [3.8, 4) is 0 Å². The number of carbonyl (C=O) groups is 2. The van der Waals surface area contributed by atoms with Crippen LogP contribution < -0.4 is 10.6 Å². The molecule has 1 heterocycles. The Kier molecular flexibility index (Phi) is 5.02. The van der Waals surface area contributed by atoms with Gasteiger partial charge in [-0.1, -0.05) is 45.9 Å². The summed E-state index contributed by atoms with van der Waals surface area (Å²) < 4.78 is 5.42. The van der Waals surface area contributed by atoms with Gasteiger partial charge in [0.25, 0.3) is 5.91 Å². The predicted octanol–water partition coefficient (Wildman–Crippen LogP) is 3.42. The van der Waals surface area contributed by atoms with Gasteiger partial charge in [-0.25, -0.2) is 4.79 Å². The van der Waals surface area contributed by atoms with Gasteiger partial charge in [0.05, 0.1) is 0 Å². The van der Waals surface area contributed by atoms with Crippen LogP contribution in [0.4, 0.5) is 10.5 Å². The summed E-state index contributed by atoms with van der Waals surface area (Å²) in [6, 6.07) is 7.89. The molecule has 5 nitrogen and oxygen atoms in total. The number of carbonyl (C=O) groups excluding carboxylic acids is 2. The number of primary amides is 1. The minimum absolute atomic E-state index is 0.116. The van der Waals surface area contributed by atoms with Crippen molar-refractivity contribution in [1.82, 2.24) is 0 Å². The van der Waals surface area contributed by atoms with Crippen LogP contribution in [0.25, 0.3) is 0 Å². The molecule has 0 saturated carbocycles. The van der Waals surface area contributed by atoms with Gasteiger partial charge < -0.3 is 15.4 Å². The molecule has 24 heavy (non-hydrogen) atoms. The molecule has 5 heteroatoms. The molecule has 1 atom stereocenters. The summed E-state index contributed by atoms with van der Waals surface area (Å²) >= 11 is 0. The molecule has 0 bridgehead atoms. The standard InChI is InChI=1S/C19H26N2O3/c1-5-19(18(2,3)4,24-17(20)23)12-10-16(22)21-13-11-14-8-6-7-9-15(14)21/h6-10,12H,5,11,13H2,1-4H3,(H2,20,23)/b12-10+/t19-/m0/s1. The van der Waals surface area contributed by atoms with Gasteiger partial charge in [-0.3, -0.25) is 4.79 Å². The average Bonchev–Trinajstić information content (AvgIpc) is 2.93. The second kappa shape index (κ2) is 6.67. The molecule has 1 aromatic carbocycles. The Balaban J connectivity index is 2.26. The van der Waals surface area contributed by atoms with Crippen LogP contribution in [0.1, 0.15) is 39.7 Å². The van der Waals surface area contributed by atoms with Crippen LogP contribution in [0.2, 0.25) is 0 Å². The minimum Gasteiger partial charge on any atom is -0.438 e. The fourth-order valence-corrected chi connectivity index (χ4v) is 3.20. The molecule has 1 aromatic rings. The van der Waals surface area contributed by atoms with Crippen LogP contribution in [0.15, 0.2) is 36.4 Å². The van der Waals surface area contributed by atoms with E-state index in [4.69, 9.17) is 10.5 Å². The van der Waals surface area contributed by atoms with E-state index < -0.39 is 17.1 Å². The van der Waals surface area contributed by atoms with Gasteiger partial charge in [-0.15, -0.1) is 0 Å². The summed E-state index contributed by atoms with van der Waals surface area (Å²) in [5.41, 5.74) is 6.05. The first-order chi connectivity index (χ1) is 11.2. The largest absolute Gasteiger partial charge is 0.438 e. The van der Waals surface area contributed by atoms with Crippen LogP contribution in [0, 0.1) is 5.41 Å². The Morgan fingerprint density at radius 3 is 2.54 bits per heavy atom. The van der Waals surface area contributed by atoms with Gasteiger partial charge in [0.1, 0.15) is 5.60 Å². The second-order valence-corrected chi connectivity index (χ2v) is 7.12. The van der Waals surface area contributed by atoms with Crippen molar-refractivity contribution in [2.45, 2.75) is 46.1 Å². The topological polar surface area (TPSA) is 72.6 Å². The summed E-state index contributed by atoms with van der Waals surface area (Å²) in [6.45, 7) is 8.44. The van der Waals surface area contributed by atoms with E-state index in [-0.39, 0.29) is 5.91 Å². The van der Waals surface area contributed by atoms with Crippen molar-refractivity contribution in [2.75, 3.05) is 11.4 Å². The molecule has 0 aromatic heterocycles. The molecule has 2 N–H and O–H groups in total. The molecular weight excluding hydrogens is 304 g/mol. The molecule has 0 radical (unpaired) electrons. The highest BCUT2D eigenvalue weighted by atomic mass is 16.6. The van der Waals surface area contributed by atoms with Crippen molar-refractivity contribution in [1.29, 1.82) is 0 Å². The summed E-state index contributed by atoms with van der Waals surface area (Å²) in [4.78, 5) is 25.8. The Labute approximate surface area is 143 Å². The van der Waals surface area contributed by atoms with Crippen LogP contribution >= 0.6 is 0 Å². The number of nitrogens with zero attached hydrogens (tertiary/aromatic N) is 1. The van der Waals surface area contributed by atoms with Gasteiger partial charge >= 0.3 is 6.09 Å². The van der Waals surface area contributed by atoms with E-state index >= 15 is 0 Å². The first-order valence-corrected chi connectivity index (χ1v) is 8.27. The summed E-state index contributed by atoms with van der Waals surface area (Å²) in [5.74, 6) is -0.116. The van der Waals surface area contributed by atoms with Gasteiger partial charge in [0, 0.05) is 23.7 Å².